The molecule has 1 saturated heterocycles. The zero-order chi connectivity index (χ0) is 33.4. The van der Waals surface area contributed by atoms with E-state index in [1.54, 1.807) is 43.2 Å². The van der Waals surface area contributed by atoms with Crippen LogP contribution in [0.25, 0.3) is 0 Å². The summed E-state index contributed by atoms with van der Waals surface area (Å²) in [6.45, 7) is 7.00. The molecule has 2 heterocycles. The largest absolute Gasteiger partial charge is 0.508 e. The van der Waals surface area contributed by atoms with Gasteiger partial charge in [-0.05, 0) is 86.2 Å². The third kappa shape index (κ3) is 7.96. The minimum Gasteiger partial charge on any atom is -0.508 e. The van der Waals surface area contributed by atoms with Gasteiger partial charge in [0.1, 0.15) is 29.1 Å². The molecule has 5 N–H and O–H groups in total. The number of aliphatic imine (C=N–C) groups is 1. The van der Waals surface area contributed by atoms with Crippen molar-refractivity contribution in [3.8, 4) is 17.2 Å². The maximum atomic E-state index is 14.3. The van der Waals surface area contributed by atoms with Gasteiger partial charge in [-0.2, -0.15) is 0 Å². The summed E-state index contributed by atoms with van der Waals surface area (Å²) in [4.78, 5) is 37.6. The number of amides is 3. The van der Waals surface area contributed by atoms with Gasteiger partial charge in [0.25, 0.3) is 0 Å². The molecule has 1 fully saturated rings. The van der Waals surface area contributed by atoms with E-state index in [9.17, 15) is 19.8 Å². The molecule has 0 aromatic heterocycles. The Kier molecular flexibility index (Phi) is 11.3. The monoisotopic (exact) mass is 631 g/mol. The molecule has 2 atom stereocenters. The Morgan fingerprint density at radius 3 is 2.02 bits per heavy atom. The lowest BCUT2D eigenvalue weighted by Gasteiger charge is -2.36. The number of nitrogens with zero attached hydrogens (tertiary/aromatic N) is 3. The summed E-state index contributed by atoms with van der Waals surface area (Å²) in [5, 5.41) is 20.0. The molecule has 246 valence electrons. The van der Waals surface area contributed by atoms with Crippen LogP contribution >= 0.6 is 0 Å². The Morgan fingerprint density at radius 1 is 0.935 bits per heavy atom. The van der Waals surface area contributed by atoms with E-state index in [1.165, 1.54) is 7.11 Å². The van der Waals surface area contributed by atoms with Crippen molar-refractivity contribution in [2.45, 2.75) is 64.1 Å². The first-order valence-corrected chi connectivity index (χ1v) is 15.5. The molecule has 3 aromatic rings. The first-order chi connectivity index (χ1) is 22.0. The molecule has 0 aliphatic carbocycles. The van der Waals surface area contributed by atoms with E-state index in [-0.39, 0.29) is 23.4 Å². The molecule has 11 nitrogen and oxygen atoms in total. The lowest BCUT2D eigenvalue weighted by Crippen LogP contribution is -2.48. The van der Waals surface area contributed by atoms with Crippen LogP contribution in [0.4, 0.5) is 4.79 Å². The van der Waals surface area contributed by atoms with Gasteiger partial charge >= 0.3 is 6.03 Å². The van der Waals surface area contributed by atoms with Gasteiger partial charge in [0, 0.05) is 25.0 Å². The first kappa shape index (κ1) is 34.3. The third-order valence-electron chi connectivity index (χ3n) is 8.09. The number of aromatic hydroxyl groups is 2. The number of phenolic OH excluding ortho intramolecular Hbond substituents is 2. The fraction of sp³-hybridized carbons (Fsp3) is 0.400. The molecule has 0 spiro atoms. The maximum absolute atomic E-state index is 14.3. The average Bonchev–Trinajstić information content (AvgIpc) is 3.45. The number of methoxy groups -OCH3 is 1. The summed E-state index contributed by atoms with van der Waals surface area (Å²) in [7, 11) is 3.01. The van der Waals surface area contributed by atoms with Crippen molar-refractivity contribution in [1.82, 2.24) is 15.3 Å². The number of nitrogens with two attached hydrogens (primary N) is 1. The number of amidine groups is 1. The van der Waals surface area contributed by atoms with Crippen molar-refractivity contribution in [1.29, 1.82) is 0 Å². The van der Waals surface area contributed by atoms with Gasteiger partial charge in [0.05, 0.1) is 25.8 Å². The van der Waals surface area contributed by atoms with Crippen LogP contribution in [0.5, 0.6) is 17.2 Å². The van der Waals surface area contributed by atoms with Gasteiger partial charge in [-0.15, -0.1) is 0 Å². The Labute approximate surface area is 270 Å². The number of urea groups is 1. The number of ether oxygens (including phenoxy) is 1. The van der Waals surface area contributed by atoms with E-state index >= 15 is 0 Å². The Hall–Kier alpha value is -4.61. The van der Waals surface area contributed by atoms with Gasteiger partial charge < -0.3 is 25.6 Å². The fourth-order valence-corrected chi connectivity index (χ4v) is 5.58. The fourth-order valence-electron chi connectivity index (χ4n) is 5.58. The lowest BCUT2D eigenvalue weighted by molar-refractivity contribution is -0.130. The second-order valence-corrected chi connectivity index (χ2v) is 11.9. The number of carbonyl (C=O) groups is 2. The van der Waals surface area contributed by atoms with Crippen LogP contribution in [0.3, 0.4) is 0 Å². The number of carbonyl (C=O) groups excluding carboxylic acids is 2. The number of piperidine rings is 1. The molecule has 2 aliphatic heterocycles. The van der Waals surface area contributed by atoms with Crippen LogP contribution in [0.2, 0.25) is 0 Å². The van der Waals surface area contributed by atoms with Crippen molar-refractivity contribution in [2.24, 2.45) is 10.7 Å². The van der Waals surface area contributed by atoms with E-state index in [0.717, 1.165) is 36.0 Å². The van der Waals surface area contributed by atoms with Crippen molar-refractivity contribution in [3.63, 3.8) is 0 Å². The number of nitrogens with one attached hydrogen (secondary N) is 1. The highest BCUT2D eigenvalue weighted by Crippen LogP contribution is 2.46. The molecule has 2 aliphatic rings. The Morgan fingerprint density at radius 2 is 1.52 bits per heavy atom. The van der Waals surface area contributed by atoms with Crippen LogP contribution in [-0.4, -0.2) is 65.1 Å². The molecule has 0 bridgehead atoms. The highest BCUT2D eigenvalue weighted by atomic mass is 16.6. The standard InChI is InChI=1S/C31H36N4O4.C4H9NO2/c1-31(2,32)22-11-16-25(26(19-22)39-3)29-33-27(20-7-12-23(36)13-8-20)28(21-9-14-24(37)15-10-21)35(29)30(38)34-17-5-4-6-18-34;1-3-4(6)5-7-2/h7-16,19,27-28,36-37H,4-6,17-18,32H2,1-3H3;3H2,1-2H3,(H,5,6). The average molecular weight is 632 g/mol. The van der Waals surface area contributed by atoms with Crippen LogP contribution in [-0.2, 0) is 15.2 Å². The molecule has 2 unspecified atom stereocenters. The highest BCUT2D eigenvalue weighted by molar-refractivity contribution is 6.11. The van der Waals surface area contributed by atoms with Crippen LogP contribution in [0.15, 0.2) is 71.7 Å². The van der Waals surface area contributed by atoms with Gasteiger partial charge in [0.2, 0.25) is 5.91 Å². The van der Waals surface area contributed by atoms with E-state index in [1.807, 2.05) is 61.2 Å². The summed E-state index contributed by atoms with van der Waals surface area (Å²) >= 11 is 0. The maximum Gasteiger partial charge on any atom is 0.326 e. The van der Waals surface area contributed by atoms with Crippen molar-refractivity contribution >= 4 is 17.8 Å². The molecule has 5 rings (SSSR count). The Bertz CT molecular complexity index is 1510. The molecule has 0 radical (unpaired) electrons. The molecule has 3 amide bonds. The van der Waals surface area contributed by atoms with Gasteiger partial charge in [0.15, 0.2) is 0 Å². The van der Waals surface area contributed by atoms with Gasteiger partial charge in [-0.3, -0.25) is 19.5 Å². The van der Waals surface area contributed by atoms with Crippen LogP contribution in [0, 0.1) is 0 Å². The zero-order valence-corrected chi connectivity index (χ0v) is 27.2. The summed E-state index contributed by atoms with van der Waals surface area (Å²) < 4.78 is 5.83. The zero-order valence-electron chi connectivity index (χ0n) is 27.2. The number of benzene rings is 3. The van der Waals surface area contributed by atoms with Crippen LogP contribution in [0.1, 0.15) is 80.8 Å². The number of hydroxylamine groups is 1. The molecular weight excluding hydrogens is 586 g/mol. The van der Waals surface area contributed by atoms with E-state index in [4.69, 9.17) is 15.5 Å². The number of hydrogen-bond donors (Lipinski definition) is 4. The normalized spacial score (nSPS) is 17.9. The predicted molar refractivity (Wildman–Crippen MR) is 177 cm³/mol. The van der Waals surface area contributed by atoms with E-state index in [2.05, 4.69) is 10.3 Å². The van der Waals surface area contributed by atoms with E-state index < -0.39 is 17.6 Å². The SMILES string of the molecule is CCC(=O)NOC.COc1cc(C(C)(C)N)ccc1C1=NC(c2ccc(O)cc2)C(c2ccc(O)cc2)N1C(=O)N1CCCCC1. The summed E-state index contributed by atoms with van der Waals surface area (Å²) in [6.07, 6.45) is 3.49. The number of phenols is 2. The quantitative estimate of drug-likeness (QED) is 0.251. The number of rotatable bonds is 7. The summed E-state index contributed by atoms with van der Waals surface area (Å²) in [6, 6.07) is 18.6. The summed E-state index contributed by atoms with van der Waals surface area (Å²) in [5.41, 5.74) is 11.3. The summed E-state index contributed by atoms with van der Waals surface area (Å²) in [5.74, 6) is 1.30. The van der Waals surface area contributed by atoms with Gasteiger partial charge in [-0.25, -0.2) is 10.3 Å². The van der Waals surface area contributed by atoms with Gasteiger partial charge in [-0.1, -0.05) is 37.3 Å². The molecule has 3 aromatic carbocycles. The molecule has 46 heavy (non-hydrogen) atoms. The van der Waals surface area contributed by atoms with Crippen molar-refractivity contribution in [2.75, 3.05) is 27.3 Å². The second-order valence-electron chi connectivity index (χ2n) is 11.9. The minimum absolute atomic E-state index is 0.0949. The van der Waals surface area contributed by atoms with Crippen LogP contribution < -0.4 is 16.0 Å². The smallest absolute Gasteiger partial charge is 0.326 e. The predicted octanol–water partition coefficient (Wildman–Crippen LogP) is 5.52. The minimum atomic E-state index is -0.574. The van der Waals surface area contributed by atoms with E-state index in [0.29, 0.717) is 36.7 Å². The Balaban J connectivity index is 0.000000617. The number of likely N-dealkylation sites (tertiary alicyclic amines) is 1. The first-order valence-electron chi connectivity index (χ1n) is 15.5. The second kappa shape index (κ2) is 15.1. The number of hydrogen-bond acceptors (Lipinski definition) is 8. The highest BCUT2D eigenvalue weighted by Gasteiger charge is 2.44. The van der Waals surface area contributed by atoms with Crippen molar-refractivity contribution in [3.05, 3.63) is 89.0 Å². The third-order valence-corrected chi connectivity index (χ3v) is 8.09. The molecular formula is C35H45N5O6. The molecule has 11 heteroatoms. The molecule has 0 saturated carbocycles. The topological polar surface area (TPSA) is 150 Å². The van der Waals surface area contributed by atoms with Crippen molar-refractivity contribution < 1.29 is 29.4 Å². The lowest BCUT2D eigenvalue weighted by atomic mass is 9.93.